The first-order valence-corrected chi connectivity index (χ1v) is 12.1. The number of nitrogens with two attached hydrogens (primary N) is 1. The highest BCUT2D eigenvalue weighted by Gasteiger charge is 2.27. The fraction of sp³-hybridized carbons (Fsp3) is 0.412. The van der Waals surface area contributed by atoms with Crippen molar-refractivity contribution in [3.63, 3.8) is 0 Å². The molecule has 12 heteroatoms. The molecule has 1 aliphatic heterocycles. The summed E-state index contributed by atoms with van der Waals surface area (Å²) in [7, 11) is -3.27. The number of hydrogen-bond donors (Lipinski definition) is 2. The summed E-state index contributed by atoms with van der Waals surface area (Å²) in [5, 5.41) is 2.81. The number of piperazine rings is 1. The van der Waals surface area contributed by atoms with Crippen LogP contribution in [-0.4, -0.2) is 61.4 Å². The van der Waals surface area contributed by atoms with Crippen LogP contribution in [0.2, 0.25) is 0 Å². The normalized spacial score (nSPS) is 15.4. The Labute approximate surface area is 187 Å². The number of amides is 1. The van der Waals surface area contributed by atoms with Crippen LogP contribution in [-0.2, 0) is 10.0 Å². The van der Waals surface area contributed by atoms with E-state index in [1.54, 1.807) is 0 Å². The Bertz CT molecular complexity index is 976. The van der Waals surface area contributed by atoms with Crippen molar-refractivity contribution in [2.75, 3.05) is 53.8 Å². The predicted molar refractivity (Wildman–Crippen MR) is 121 cm³/mol. The SMILES string of the molecule is Nc1nc(C(=O)Nc2cc(N3CCN(S(=O)(=O)CCCCl)CC3)ccc2I)co1. The Morgan fingerprint density at radius 2 is 2.03 bits per heavy atom. The van der Waals surface area contributed by atoms with Crippen LogP contribution < -0.4 is 16.0 Å². The van der Waals surface area contributed by atoms with Gasteiger partial charge in [-0.3, -0.25) is 4.79 Å². The second-order valence-corrected chi connectivity index (χ2v) is 10.1. The maximum atomic E-state index is 12.3. The third kappa shape index (κ3) is 5.53. The number of alkyl halides is 1. The summed E-state index contributed by atoms with van der Waals surface area (Å²) in [5.74, 6) is -0.0178. The van der Waals surface area contributed by atoms with Gasteiger partial charge >= 0.3 is 0 Å². The smallest absolute Gasteiger partial charge is 0.292 e. The molecule has 0 unspecified atom stereocenters. The molecule has 2 aromatic rings. The lowest BCUT2D eigenvalue weighted by atomic mass is 10.2. The summed E-state index contributed by atoms with van der Waals surface area (Å²) in [6.07, 6.45) is 1.65. The largest absolute Gasteiger partial charge is 0.431 e. The molecule has 1 aromatic carbocycles. The summed E-state index contributed by atoms with van der Waals surface area (Å²) in [6.45, 7) is 1.95. The fourth-order valence-electron chi connectivity index (χ4n) is 2.97. The van der Waals surface area contributed by atoms with Gasteiger partial charge in [0.05, 0.1) is 11.4 Å². The molecule has 0 atom stereocenters. The second kappa shape index (κ2) is 9.49. The van der Waals surface area contributed by atoms with Crippen LogP contribution in [0.25, 0.3) is 0 Å². The number of carbonyl (C=O) groups is 1. The minimum Gasteiger partial charge on any atom is -0.431 e. The van der Waals surface area contributed by atoms with E-state index in [1.807, 2.05) is 18.2 Å². The van der Waals surface area contributed by atoms with Crippen LogP contribution in [0.4, 0.5) is 17.4 Å². The van der Waals surface area contributed by atoms with E-state index in [-0.39, 0.29) is 17.5 Å². The van der Waals surface area contributed by atoms with Gasteiger partial charge in [-0.1, -0.05) is 0 Å². The van der Waals surface area contributed by atoms with Crippen LogP contribution in [0.1, 0.15) is 16.9 Å². The number of nitrogen functional groups attached to an aromatic ring is 1. The zero-order valence-electron chi connectivity index (χ0n) is 15.5. The standard InChI is InChI=1S/C17H21ClIN5O4S/c18-4-1-9-29(26,27)24-7-5-23(6-8-24)12-2-3-13(19)14(10-12)21-16(25)15-11-28-17(20)22-15/h2-3,10-11H,1,4-9H2,(H2,20,22)(H,21,25). The summed E-state index contributed by atoms with van der Waals surface area (Å²) < 4.78 is 31.9. The molecule has 1 fully saturated rings. The molecular weight excluding hydrogens is 533 g/mol. The Morgan fingerprint density at radius 1 is 1.31 bits per heavy atom. The molecule has 29 heavy (non-hydrogen) atoms. The molecule has 158 valence electrons. The van der Waals surface area contributed by atoms with Crippen LogP contribution in [0.15, 0.2) is 28.9 Å². The molecule has 2 heterocycles. The molecule has 9 nitrogen and oxygen atoms in total. The molecule has 1 saturated heterocycles. The van der Waals surface area contributed by atoms with Crippen molar-refractivity contribution in [2.24, 2.45) is 0 Å². The minimum absolute atomic E-state index is 0.0718. The zero-order chi connectivity index (χ0) is 21.0. The Balaban J connectivity index is 1.66. The number of hydrogen-bond acceptors (Lipinski definition) is 7. The molecule has 1 aliphatic rings. The summed E-state index contributed by atoms with van der Waals surface area (Å²) in [5.41, 5.74) is 7.04. The van der Waals surface area contributed by atoms with Crippen molar-refractivity contribution in [3.8, 4) is 0 Å². The van der Waals surface area contributed by atoms with E-state index < -0.39 is 15.9 Å². The van der Waals surface area contributed by atoms with Crippen LogP contribution in [0.3, 0.4) is 0 Å². The van der Waals surface area contributed by atoms with Crippen molar-refractivity contribution in [1.82, 2.24) is 9.29 Å². The maximum Gasteiger partial charge on any atom is 0.292 e. The molecular formula is C17H21ClIN5O4S. The van der Waals surface area contributed by atoms with Crippen LogP contribution in [0, 0.1) is 3.57 Å². The maximum absolute atomic E-state index is 12.3. The number of oxazole rings is 1. The Hall–Kier alpha value is -1.57. The van der Waals surface area contributed by atoms with E-state index in [1.165, 1.54) is 10.6 Å². The average molecular weight is 554 g/mol. The number of halogens is 2. The second-order valence-electron chi connectivity index (χ2n) is 6.43. The van der Waals surface area contributed by atoms with Crippen molar-refractivity contribution in [1.29, 1.82) is 0 Å². The van der Waals surface area contributed by atoms with Gasteiger partial charge < -0.3 is 20.4 Å². The summed E-state index contributed by atoms with van der Waals surface area (Å²) >= 11 is 7.75. The number of nitrogens with one attached hydrogen (secondary N) is 1. The molecule has 1 aromatic heterocycles. The monoisotopic (exact) mass is 553 g/mol. The Morgan fingerprint density at radius 3 is 2.66 bits per heavy atom. The summed E-state index contributed by atoms with van der Waals surface area (Å²) in [4.78, 5) is 18.2. The number of carbonyl (C=O) groups excluding carboxylic acids is 1. The van der Waals surface area contributed by atoms with Gasteiger partial charge in [-0.05, 0) is 47.2 Å². The highest BCUT2D eigenvalue weighted by atomic mass is 127. The first-order valence-electron chi connectivity index (χ1n) is 8.91. The molecule has 0 bridgehead atoms. The van der Waals surface area contributed by atoms with Crippen molar-refractivity contribution < 1.29 is 17.6 Å². The van der Waals surface area contributed by atoms with Gasteiger partial charge in [-0.25, -0.2) is 8.42 Å². The van der Waals surface area contributed by atoms with E-state index in [2.05, 4.69) is 37.8 Å². The molecule has 0 aliphatic carbocycles. The quantitative estimate of drug-likeness (QED) is 0.398. The number of benzene rings is 1. The molecule has 0 radical (unpaired) electrons. The van der Waals surface area contributed by atoms with Crippen LogP contribution in [0.5, 0.6) is 0 Å². The number of rotatable bonds is 7. The minimum atomic E-state index is -3.27. The van der Waals surface area contributed by atoms with Gasteiger partial charge in [0.2, 0.25) is 10.0 Å². The van der Waals surface area contributed by atoms with Crippen LogP contribution >= 0.6 is 34.2 Å². The molecule has 3 N–H and O–H groups in total. The van der Waals surface area contributed by atoms with Gasteiger partial charge in [0.25, 0.3) is 11.9 Å². The van der Waals surface area contributed by atoms with E-state index >= 15 is 0 Å². The third-order valence-corrected chi connectivity index (χ3v) is 7.65. The summed E-state index contributed by atoms with van der Waals surface area (Å²) in [6, 6.07) is 5.63. The van der Waals surface area contributed by atoms with Crippen molar-refractivity contribution >= 4 is 67.5 Å². The topological polar surface area (TPSA) is 122 Å². The highest BCUT2D eigenvalue weighted by Crippen LogP contribution is 2.27. The van der Waals surface area contributed by atoms with Crippen molar-refractivity contribution in [2.45, 2.75) is 6.42 Å². The molecule has 1 amide bonds. The van der Waals surface area contributed by atoms with E-state index in [9.17, 15) is 13.2 Å². The van der Waals surface area contributed by atoms with Gasteiger partial charge in [0, 0.05) is 41.3 Å². The third-order valence-electron chi connectivity index (χ3n) is 4.49. The lowest BCUT2D eigenvalue weighted by molar-refractivity contribution is 0.102. The van der Waals surface area contributed by atoms with E-state index in [0.29, 0.717) is 44.2 Å². The fourth-order valence-corrected chi connectivity index (χ4v) is 5.22. The van der Waals surface area contributed by atoms with Gasteiger partial charge in [-0.15, -0.1) is 11.6 Å². The first kappa shape index (κ1) is 22.1. The zero-order valence-corrected chi connectivity index (χ0v) is 19.2. The van der Waals surface area contributed by atoms with Crippen molar-refractivity contribution in [3.05, 3.63) is 33.7 Å². The Kier molecular flexibility index (Phi) is 7.24. The first-order chi connectivity index (χ1) is 13.8. The van der Waals surface area contributed by atoms with Gasteiger partial charge in [0.1, 0.15) is 6.26 Å². The number of anilines is 3. The predicted octanol–water partition coefficient (Wildman–Crippen LogP) is 2.19. The molecule has 0 spiro atoms. The van der Waals surface area contributed by atoms with Gasteiger partial charge in [0.15, 0.2) is 5.69 Å². The number of nitrogens with zero attached hydrogens (tertiary/aromatic N) is 3. The van der Waals surface area contributed by atoms with E-state index in [4.69, 9.17) is 21.8 Å². The molecule has 0 saturated carbocycles. The number of sulfonamides is 1. The lowest BCUT2D eigenvalue weighted by Crippen LogP contribution is -2.49. The van der Waals surface area contributed by atoms with E-state index in [0.717, 1.165) is 9.26 Å². The lowest BCUT2D eigenvalue weighted by Gasteiger charge is -2.35. The van der Waals surface area contributed by atoms with Gasteiger partial charge in [-0.2, -0.15) is 9.29 Å². The average Bonchev–Trinajstić information content (AvgIpc) is 3.15. The number of aromatic nitrogens is 1. The highest BCUT2D eigenvalue weighted by molar-refractivity contribution is 14.1. The molecule has 3 rings (SSSR count).